The van der Waals surface area contributed by atoms with Crippen LogP contribution in [0.5, 0.6) is 5.75 Å². The molecular formula is C15H10Cl4N2O4. The van der Waals surface area contributed by atoms with Gasteiger partial charge in [0.15, 0.2) is 5.75 Å². The molecule has 6 nitrogen and oxygen atoms in total. The van der Waals surface area contributed by atoms with Gasteiger partial charge in [-0.2, -0.15) is 0 Å². The number of hydrogen-bond donors (Lipinski definition) is 1. The Morgan fingerprint density at radius 1 is 1.16 bits per heavy atom. The summed E-state index contributed by atoms with van der Waals surface area (Å²) < 4.78 is 3.31. The van der Waals surface area contributed by atoms with Crippen molar-refractivity contribution < 1.29 is 14.5 Å². The molecule has 0 bridgehead atoms. The number of halogens is 4. The molecule has 0 spiro atoms. The van der Waals surface area contributed by atoms with Gasteiger partial charge in [0.25, 0.3) is 5.91 Å². The molecule has 0 saturated carbocycles. The lowest BCUT2D eigenvalue weighted by Gasteiger charge is -2.26. The molecule has 2 rings (SSSR count). The first-order valence-electron chi connectivity index (χ1n) is 6.71. The van der Waals surface area contributed by atoms with Gasteiger partial charge in [0.1, 0.15) is 0 Å². The number of carbonyl (C=O) groups is 1. The molecule has 0 saturated heterocycles. The third kappa shape index (κ3) is 5.37. The van der Waals surface area contributed by atoms with E-state index in [1.165, 1.54) is 36.4 Å². The van der Waals surface area contributed by atoms with Crippen molar-refractivity contribution in [2.45, 2.75) is 10.0 Å². The lowest BCUT2D eigenvalue weighted by Crippen LogP contribution is -2.47. The minimum Gasteiger partial charge on any atom is -0.459 e. The second kappa shape index (κ2) is 8.10. The SMILES string of the molecule is O=C(N[C@@H](Oc1ccccc1[N+](=O)[O-])C(Cl)(Cl)Cl)c1cccc(Cl)c1. The summed E-state index contributed by atoms with van der Waals surface area (Å²) in [6.45, 7) is 0. The summed E-state index contributed by atoms with van der Waals surface area (Å²) in [5.74, 6) is -0.785. The van der Waals surface area contributed by atoms with Crippen LogP contribution in [0.4, 0.5) is 5.69 Å². The number of hydrogen-bond acceptors (Lipinski definition) is 4. The summed E-state index contributed by atoms with van der Waals surface area (Å²) in [5, 5.41) is 13.8. The van der Waals surface area contributed by atoms with E-state index in [-0.39, 0.29) is 17.0 Å². The van der Waals surface area contributed by atoms with Crippen LogP contribution in [0.1, 0.15) is 10.4 Å². The lowest BCUT2D eigenvalue weighted by molar-refractivity contribution is -0.386. The number of benzene rings is 2. The normalized spacial score (nSPS) is 12.3. The molecule has 0 unspecified atom stereocenters. The van der Waals surface area contributed by atoms with Crippen molar-refractivity contribution in [2.75, 3.05) is 0 Å². The van der Waals surface area contributed by atoms with E-state index in [1.54, 1.807) is 12.1 Å². The molecule has 0 aliphatic heterocycles. The first-order chi connectivity index (χ1) is 11.7. The fourth-order valence-electron chi connectivity index (χ4n) is 1.84. The molecule has 132 valence electrons. The highest BCUT2D eigenvalue weighted by molar-refractivity contribution is 6.68. The maximum absolute atomic E-state index is 12.3. The molecule has 1 amide bonds. The van der Waals surface area contributed by atoms with Crippen molar-refractivity contribution in [3.8, 4) is 5.75 Å². The zero-order valence-electron chi connectivity index (χ0n) is 12.3. The maximum atomic E-state index is 12.3. The van der Waals surface area contributed by atoms with Crippen molar-refractivity contribution in [3.05, 3.63) is 69.2 Å². The fourth-order valence-corrected chi connectivity index (χ4v) is 2.33. The topological polar surface area (TPSA) is 81.5 Å². The van der Waals surface area contributed by atoms with Crippen LogP contribution in [0.25, 0.3) is 0 Å². The van der Waals surface area contributed by atoms with Gasteiger partial charge < -0.3 is 10.1 Å². The number of carbonyl (C=O) groups excluding carboxylic acids is 1. The number of nitrogens with zero attached hydrogens (tertiary/aromatic N) is 1. The largest absolute Gasteiger partial charge is 0.459 e. The number of nitro benzene ring substituents is 1. The number of para-hydroxylation sites is 2. The Labute approximate surface area is 162 Å². The van der Waals surface area contributed by atoms with E-state index in [0.29, 0.717) is 5.02 Å². The van der Waals surface area contributed by atoms with E-state index in [9.17, 15) is 14.9 Å². The quantitative estimate of drug-likeness (QED) is 0.325. The van der Waals surface area contributed by atoms with Crippen LogP contribution in [-0.4, -0.2) is 20.9 Å². The summed E-state index contributed by atoms with van der Waals surface area (Å²) in [6, 6.07) is 11.6. The summed E-state index contributed by atoms with van der Waals surface area (Å²) in [4.78, 5) is 22.7. The van der Waals surface area contributed by atoms with Gasteiger partial charge >= 0.3 is 5.69 Å². The number of alkyl halides is 3. The van der Waals surface area contributed by atoms with Crippen LogP contribution < -0.4 is 10.1 Å². The standard InChI is InChI=1S/C15H10Cl4N2O4/c16-10-5-3-4-9(8-10)13(22)20-14(15(17,18)19)25-12-7-2-1-6-11(12)21(23)24/h1-8,14H,(H,20,22)/t14-/m0/s1. The Bertz CT molecular complexity index is 795. The monoisotopic (exact) mass is 422 g/mol. The Kier molecular flexibility index (Phi) is 6.35. The number of nitro groups is 1. The van der Waals surface area contributed by atoms with Crippen LogP contribution >= 0.6 is 46.4 Å². The van der Waals surface area contributed by atoms with Gasteiger partial charge in [-0.1, -0.05) is 64.6 Å². The number of amides is 1. The van der Waals surface area contributed by atoms with E-state index in [1.807, 2.05) is 0 Å². The van der Waals surface area contributed by atoms with Gasteiger partial charge in [0, 0.05) is 16.7 Å². The van der Waals surface area contributed by atoms with Gasteiger partial charge in [0.2, 0.25) is 10.0 Å². The van der Waals surface area contributed by atoms with E-state index >= 15 is 0 Å². The third-order valence-corrected chi connectivity index (χ3v) is 3.78. The second-order valence-corrected chi connectivity index (χ2v) is 7.55. The van der Waals surface area contributed by atoms with Crippen molar-refractivity contribution in [3.63, 3.8) is 0 Å². The molecule has 2 aromatic carbocycles. The molecule has 1 N–H and O–H groups in total. The van der Waals surface area contributed by atoms with E-state index in [4.69, 9.17) is 51.1 Å². The van der Waals surface area contributed by atoms with Crippen LogP contribution in [0.2, 0.25) is 5.02 Å². The van der Waals surface area contributed by atoms with Gasteiger partial charge in [-0.05, 0) is 24.3 Å². The zero-order chi connectivity index (χ0) is 18.6. The van der Waals surface area contributed by atoms with Gasteiger partial charge in [0.05, 0.1) is 4.92 Å². The molecule has 0 heterocycles. The predicted molar refractivity (Wildman–Crippen MR) is 96.7 cm³/mol. The highest BCUT2D eigenvalue weighted by atomic mass is 35.6. The second-order valence-electron chi connectivity index (χ2n) is 4.75. The summed E-state index contributed by atoms with van der Waals surface area (Å²) >= 11 is 23.4. The van der Waals surface area contributed by atoms with Crippen LogP contribution in [0.15, 0.2) is 48.5 Å². The minimum absolute atomic E-state index is 0.157. The van der Waals surface area contributed by atoms with E-state index in [0.717, 1.165) is 0 Å². The van der Waals surface area contributed by atoms with Crippen molar-refractivity contribution >= 4 is 58.0 Å². The average Bonchev–Trinajstić information content (AvgIpc) is 2.53. The first-order valence-corrected chi connectivity index (χ1v) is 8.23. The molecule has 25 heavy (non-hydrogen) atoms. The lowest BCUT2D eigenvalue weighted by atomic mass is 10.2. The molecule has 0 radical (unpaired) electrons. The Balaban J connectivity index is 2.26. The van der Waals surface area contributed by atoms with Gasteiger partial charge in [-0.15, -0.1) is 0 Å². The van der Waals surface area contributed by atoms with Crippen molar-refractivity contribution in [1.29, 1.82) is 0 Å². The maximum Gasteiger partial charge on any atom is 0.311 e. The van der Waals surface area contributed by atoms with Crippen LogP contribution in [-0.2, 0) is 0 Å². The fraction of sp³-hybridized carbons (Fsp3) is 0.133. The van der Waals surface area contributed by atoms with Crippen molar-refractivity contribution in [1.82, 2.24) is 5.32 Å². The molecule has 1 atom stereocenters. The number of ether oxygens (including phenoxy) is 1. The minimum atomic E-state index is -2.09. The van der Waals surface area contributed by atoms with Crippen LogP contribution in [0.3, 0.4) is 0 Å². The summed E-state index contributed by atoms with van der Waals surface area (Å²) in [6.07, 6.45) is -1.48. The van der Waals surface area contributed by atoms with Gasteiger partial charge in [-0.3, -0.25) is 14.9 Å². The predicted octanol–water partition coefficient (Wildman–Crippen LogP) is 4.75. The zero-order valence-corrected chi connectivity index (χ0v) is 15.3. The van der Waals surface area contributed by atoms with Gasteiger partial charge in [-0.25, -0.2) is 0 Å². The number of nitrogens with one attached hydrogen (secondary N) is 1. The third-order valence-electron chi connectivity index (χ3n) is 2.95. The first kappa shape index (κ1) is 19.6. The molecule has 0 aromatic heterocycles. The molecule has 10 heteroatoms. The molecule has 0 aliphatic rings. The Morgan fingerprint density at radius 3 is 2.44 bits per heavy atom. The van der Waals surface area contributed by atoms with Crippen LogP contribution in [0, 0.1) is 10.1 Å². The summed E-state index contributed by atoms with van der Waals surface area (Å²) in [5.41, 5.74) is -0.128. The summed E-state index contributed by atoms with van der Waals surface area (Å²) in [7, 11) is 0. The highest BCUT2D eigenvalue weighted by Gasteiger charge is 2.37. The molecule has 0 aliphatic carbocycles. The van der Waals surface area contributed by atoms with E-state index < -0.39 is 20.9 Å². The molecule has 2 aromatic rings. The Morgan fingerprint density at radius 2 is 1.84 bits per heavy atom. The number of rotatable bonds is 5. The Hall–Kier alpha value is -1.73. The average molecular weight is 424 g/mol. The molecule has 0 fully saturated rings. The van der Waals surface area contributed by atoms with E-state index in [2.05, 4.69) is 5.32 Å². The molecular weight excluding hydrogens is 414 g/mol. The highest BCUT2D eigenvalue weighted by Crippen LogP contribution is 2.35. The van der Waals surface area contributed by atoms with Crippen molar-refractivity contribution in [2.24, 2.45) is 0 Å². The smallest absolute Gasteiger partial charge is 0.311 e.